The first-order chi connectivity index (χ1) is 5.20. The second-order valence-electron chi connectivity index (χ2n) is 2.63. The van der Waals surface area contributed by atoms with Crippen LogP contribution in [0.2, 0.25) is 0 Å². The summed E-state index contributed by atoms with van der Waals surface area (Å²) in [6.07, 6.45) is 0.713. The van der Waals surface area contributed by atoms with E-state index >= 15 is 0 Å². The first kappa shape index (κ1) is 10.4. The summed E-state index contributed by atoms with van der Waals surface area (Å²) in [5.41, 5.74) is 5.07. The molecule has 0 saturated heterocycles. The molecule has 0 aromatic carbocycles. The van der Waals surface area contributed by atoms with Crippen LogP contribution in [-0.4, -0.2) is 30.7 Å². The van der Waals surface area contributed by atoms with Crippen LogP contribution in [-0.2, 0) is 4.79 Å². The number of aliphatic hydroxyl groups excluding tert-OH is 1. The van der Waals surface area contributed by atoms with Crippen molar-refractivity contribution in [3.05, 3.63) is 0 Å². The fourth-order valence-corrected chi connectivity index (χ4v) is 0.683. The average molecular weight is 160 g/mol. The molecule has 0 heterocycles. The molecule has 0 bridgehead atoms. The molecule has 0 rings (SSSR count). The third kappa shape index (κ3) is 5.82. The Hall–Kier alpha value is -0.610. The molecule has 0 radical (unpaired) electrons. The Labute approximate surface area is 66.8 Å². The van der Waals surface area contributed by atoms with Gasteiger partial charge in [0.15, 0.2) is 0 Å². The van der Waals surface area contributed by atoms with Crippen LogP contribution >= 0.6 is 0 Å². The zero-order chi connectivity index (χ0) is 8.69. The van der Waals surface area contributed by atoms with Gasteiger partial charge in [0.1, 0.15) is 0 Å². The van der Waals surface area contributed by atoms with Crippen LogP contribution in [0.25, 0.3) is 0 Å². The molecule has 1 amide bonds. The highest BCUT2D eigenvalue weighted by Crippen LogP contribution is 1.97. The molecule has 4 nitrogen and oxygen atoms in total. The van der Waals surface area contributed by atoms with Gasteiger partial charge in [0.2, 0.25) is 5.91 Å². The number of nitrogens with one attached hydrogen (secondary N) is 1. The van der Waals surface area contributed by atoms with Crippen molar-refractivity contribution >= 4 is 5.91 Å². The average Bonchev–Trinajstić information content (AvgIpc) is 2.01. The van der Waals surface area contributed by atoms with Crippen LogP contribution in [0.15, 0.2) is 0 Å². The predicted molar refractivity (Wildman–Crippen MR) is 42.9 cm³/mol. The lowest BCUT2D eigenvalue weighted by atomic mass is 10.1. The van der Waals surface area contributed by atoms with E-state index in [4.69, 9.17) is 10.8 Å². The largest absolute Gasteiger partial charge is 0.396 e. The second kappa shape index (κ2) is 6.12. The van der Waals surface area contributed by atoms with Crippen molar-refractivity contribution in [2.24, 2.45) is 11.7 Å². The van der Waals surface area contributed by atoms with Crippen LogP contribution < -0.4 is 11.1 Å². The summed E-state index contributed by atoms with van der Waals surface area (Å²) in [7, 11) is 0. The number of hydrogen-bond acceptors (Lipinski definition) is 3. The Morgan fingerprint density at radius 2 is 2.36 bits per heavy atom. The molecule has 0 aromatic heterocycles. The zero-order valence-corrected chi connectivity index (χ0v) is 6.84. The summed E-state index contributed by atoms with van der Waals surface area (Å²) in [5.74, 6) is 0.172. The van der Waals surface area contributed by atoms with Crippen molar-refractivity contribution in [3.63, 3.8) is 0 Å². The van der Waals surface area contributed by atoms with Gasteiger partial charge < -0.3 is 16.2 Å². The zero-order valence-electron chi connectivity index (χ0n) is 6.84. The Balaban J connectivity index is 3.29. The van der Waals surface area contributed by atoms with Gasteiger partial charge in [0.25, 0.3) is 0 Å². The molecule has 66 valence electrons. The first-order valence-electron chi connectivity index (χ1n) is 3.78. The molecule has 0 aromatic rings. The third-order valence-electron chi connectivity index (χ3n) is 1.45. The normalized spacial score (nSPS) is 12.6. The predicted octanol–water partition coefficient (Wildman–Crippen LogP) is -0.920. The van der Waals surface area contributed by atoms with E-state index < -0.39 is 0 Å². The van der Waals surface area contributed by atoms with Gasteiger partial charge in [-0.15, -0.1) is 0 Å². The topological polar surface area (TPSA) is 75.3 Å². The van der Waals surface area contributed by atoms with Gasteiger partial charge in [-0.3, -0.25) is 4.79 Å². The molecular weight excluding hydrogens is 144 g/mol. The van der Waals surface area contributed by atoms with E-state index in [0.29, 0.717) is 18.9 Å². The summed E-state index contributed by atoms with van der Waals surface area (Å²) < 4.78 is 0. The van der Waals surface area contributed by atoms with Crippen molar-refractivity contribution < 1.29 is 9.90 Å². The van der Waals surface area contributed by atoms with Crippen LogP contribution in [0.1, 0.15) is 13.3 Å². The minimum absolute atomic E-state index is 0.0336. The SMILES string of the molecule is CC(CCO)CNC(=O)CN. The number of hydrogen-bond donors (Lipinski definition) is 3. The smallest absolute Gasteiger partial charge is 0.233 e. The highest BCUT2D eigenvalue weighted by atomic mass is 16.3. The fourth-order valence-electron chi connectivity index (χ4n) is 0.683. The van der Waals surface area contributed by atoms with E-state index in [9.17, 15) is 4.79 Å². The molecule has 4 heteroatoms. The van der Waals surface area contributed by atoms with E-state index in [-0.39, 0.29) is 19.1 Å². The summed E-state index contributed by atoms with van der Waals surface area (Å²) in [6, 6.07) is 0. The van der Waals surface area contributed by atoms with E-state index in [0.717, 1.165) is 0 Å². The lowest BCUT2D eigenvalue weighted by Gasteiger charge is -2.09. The molecule has 11 heavy (non-hydrogen) atoms. The van der Waals surface area contributed by atoms with Gasteiger partial charge >= 0.3 is 0 Å². The lowest BCUT2D eigenvalue weighted by molar-refractivity contribution is -0.119. The maximum Gasteiger partial charge on any atom is 0.233 e. The number of nitrogens with two attached hydrogens (primary N) is 1. The van der Waals surface area contributed by atoms with E-state index in [2.05, 4.69) is 5.32 Å². The van der Waals surface area contributed by atoms with Crippen molar-refractivity contribution in [2.75, 3.05) is 19.7 Å². The number of carbonyl (C=O) groups excluding carboxylic acids is 1. The maximum absolute atomic E-state index is 10.6. The third-order valence-corrected chi connectivity index (χ3v) is 1.45. The first-order valence-corrected chi connectivity index (χ1v) is 3.78. The molecule has 0 aliphatic carbocycles. The standard InChI is InChI=1S/C7H16N2O2/c1-6(2-3-10)5-9-7(11)4-8/h6,10H,2-5,8H2,1H3,(H,9,11). The summed E-state index contributed by atoms with van der Waals surface area (Å²) in [4.78, 5) is 10.6. The quantitative estimate of drug-likeness (QED) is 0.487. The Kier molecular flexibility index (Phi) is 5.78. The molecule has 0 spiro atoms. The van der Waals surface area contributed by atoms with Gasteiger partial charge in [-0.25, -0.2) is 0 Å². The van der Waals surface area contributed by atoms with E-state index in [1.807, 2.05) is 6.92 Å². The molecule has 1 atom stereocenters. The van der Waals surface area contributed by atoms with E-state index in [1.54, 1.807) is 0 Å². The maximum atomic E-state index is 10.6. The van der Waals surface area contributed by atoms with E-state index in [1.165, 1.54) is 0 Å². The molecule has 0 aliphatic heterocycles. The second-order valence-corrected chi connectivity index (χ2v) is 2.63. The van der Waals surface area contributed by atoms with Crippen molar-refractivity contribution in [2.45, 2.75) is 13.3 Å². The molecular formula is C7H16N2O2. The van der Waals surface area contributed by atoms with Gasteiger partial charge in [0.05, 0.1) is 6.54 Å². The monoisotopic (exact) mass is 160 g/mol. The summed E-state index contributed by atoms with van der Waals surface area (Å²) >= 11 is 0. The van der Waals surface area contributed by atoms with Crippen molar-refractivity contribution in [3.8, 4) is 0 Å². The molecule has 0 fully saturated rings. The molecule has 4 N–H and O–H groups in total. The Morgan fingerprint density at radius 3 is 2.82 bits per heavy atom. The minimum atomic E-state index is -0.144. The van der Waals surface area contributed by atoms with Gasteiger partial charge in [-0.2, -0.15) is 0 Å². The van der Waals surface area contributed by atoms with Crippen molar-refractivity contribution in [1.29, 1.82) is 0 Å². The number of aliphatic hydroxyl groups is 1. The van der Waals surface area contributed by atoms with Crippen LogP contribution in [0.4, 0.5) is 0 Å². The summed E-state index contributed by atoms with van der Waals surface area (Å²) in [6.45, 7) is 2.76. The van der Waals surface area contributed by atoms with Gasteiger partial charge in [-0.05, 0) is 12.3 Å². The van der Waals surface area contributed by atoms with Gasteiger partial charge in [-0.1, -0.05) is 6.92 Å². The minimum Gasteiger partial charge on any atom is -0.396 e. The highest BCUT2D eigenvalue weighted by Gasteiger charge is 2.02. The van der Waals surface area contributed by atoms with Crippen LogP contribution in [0, 0.1) is 5.92 Å². The molecule has 1 unspecified atom stereocenters. The number of amides is 1. The highest BCUT2D eigenvalue weighted by molar-refractivity contribution is 5.77. The van der Waals surface area contributed by atoms with Crippen LogP contribution in [0.3, 0.4) is 0 Å². The molecule has 0 saturated carbocycles. The molecule has 0 aliphatic rings. The fraction of sp³-hybridized carbons (Fsp3) is 0.857. The number of carbonyl (C=O) groups is 1. The Morgan fingerprint density at radius 1 is 1.73 bits per heavy atom. The number of rotatable bonds is 5. The lowest BCUT2D eigenvalue weighted by Crippen LogP contribution is -2.33. The Bertz CT molecular complexity index is 117. The summed E-state index contributed by atoms with van der Waals surface area (Å²) in [5, 5.41) is 11.2. The van der Waals surface area contributed by atoms with Crippen molar-refractivity contribution in [1.82, 2.24) is 5.32 Å². The van der Waals surface area contributed by atoms with Crippen LogP contribution in [0.5, 0.6) is 0 Å². The van der Waals surface area contributed by atoms with Gasteiger partial charge in [0, 0.05) is 13.2 Å².